The summed E-state index contributed by atoms with van der Waals surface area (Å²) in [6, 6.07) is 1.50. The Balaban J connectivity index is 0.000000901. The largest absolute Gasteiger partial charge is 0.543 e. The first-order valence-electron chi connectivity index (χ1n) is 32.0. The molecule has 4 N–H and O–H groups in total. The number of benzene rings is 2. The molecule has 2 aromatic carbocycles. The number of alkyl carbamates (subject to hydrolysis) is 2. The first-order chi connectivity index (χ1) is 41.7. The predicted molar refractivity (Wildman–Crippen MR) is 370 cm³/mol. The molecule has 0 radical (unpaired) electrons. The summed E-state index contributed by atoms with van der Waals surface area (Å²) >= 11 is 0. The number of aryl methyl sites for hydroxylation is 2. The second-order valence-electron chi connectivity index (χ2n) is 27.5. The molecule has 0 fully saturated rings. The molecule has 0 aromatic heterocycles. The van der Waals surface area contributed by atoms with Crippen LogP contribution in [0.3, 0.4) is 0 Å². The first kappa shape index (κ1) is 81.3. The van der Waals surface area contributed by atoms with Crippen molar-refractivity contribution in [1.29, 1.82) is 0 Å². The Morgan fingerprint density at radius 2 is 0.911 bits per heavy atom. The van der Waals surface area contributed by atoms with E-state index < -0.39 is 64.8 Å². The molecule has 2 rings (SSSR count). The maximum atomic E-state index is 13.8. The van der Waals surface area contributed by atoms with E-state index in [0.717, 1.165) is 56.1 Å². The number of carboxylic acids is 2. The topological polar surface area (TPSA) is 222 Å². The molecule has 90 heavy (non-hydrogen) atoms. The number of hydrogen-bond donors (Lipinski definition) is 4. The van der Waals surface area contributed by atoms with E-state index in [-0.39, 0.29) is 57.8 Å². The van der Waals surface area contributed by atoms with Gasteiger partial charge in [0.15, 0.2) is 11.5 Å². The zero-order valence-corrected chi connectivity index (χ0v) is 61.0. The summed E-state index contributed by atoms with van der Waals surface area (Å²) in [6.45, 7) is 51.8. The molecule has 2 atom stereocenters. The van der Waals surface area contributed by atoms with E-state index in [9.17, 15) is 39.0 Å². The Hall–Kier alpha value is -6.67. The highest BCUT2D eigenvalue weighted by atomic mass is 28.4. The zero-order chi connectivity index (χ0) is 69.1. The third-order valence-corrected chi connectivity index (χ3v) is 24.8. The van der Waals surface area contributed by atoms with E-state index in [1.165, 1.54) is 23.3 Å². The van der Waals surface area contributed by atoms with Gasteiger partial charge in [-0.15, -0.1) is 0 Å². The van der Waals surface area contributed by atoms with Crippen LogP contribution in [-0.4, -0.2) is 88.2 Å². The van der Waals surface area contributed by atoms with E-state index in [1.54, 1.807) is 27.7 Å². The molecule has 0 saturated carbocycles. The summed E-state index contributed by atoms with van der Waals surface area (Å²) < 4.78 is 35.9. The molecule has 0 aliphatic carbocycles. The van der Waals surface area contributed by atoms with E-state index in [0.29, 0.717) is 65.9 Å². The molecule has 0 spiro atoms. The van der Waals surface area contributed by atoms with E-state index in [4.69, 9.17) is 27.8 Å². The van der Waals surface area contributed by atoms with Crippen molar-refractivity contribution in [2.45, 2.75) is 250 Å². The number of unbranched alkanes of at least 4 members (excludes halogenated alkanes) is 2. The maximum Gasteiger partial charge on any atom is 0.408 e. The molecule has 2 amide bonds. The number of esters is 2. The Labute approximate surface area is 543 Å². The van der Waals surface area contributed by atoms with Crippen molar-refractivity contribution in [2.24, 2.45) is 11.8 Å². The summed E-state index contributed by atoms with van der Waals surface area (Å²) in [6.07, 6.45) is 18.1. The van der Waals surface area contributed by atoms with Crippen LogP contribution in [0.2, 0.25) is 36.3 Å². The molecular formula is C72H114N2O14Si2. The third-order valence-electron chi connectivity index (χ3n) is 16.1. The smallest absolute Gasteiger partial charge is 0.408 e. The minimum absolute atomic E-state index is 0.0216. The molecule has 0 saturated heterocycles. The fourth-order valence-corrected chi connectivity index (χ4v) is 10.7. The molecule has 18 heteroatoms. The van der Waals surface area contributed by atoms with Gasteiger partial charge in [0.1, 0.15) is 47.9 Å². The average Bonchev–Trinajstić information content (AvgIpc) is 0.865. The van der Waals surface area contributed by atoms with Crippen molar-refractivity contribution in [1.82, 2.24) is 10.6 Å². The predicted octanol–water partition coefficient (Wildman–Crippen LogP) is 18.4. The second-order valence-corrected chi connectivity index (χ2v) is 36.9. The summed E-state index contributed by atoms with van der Waals surface area (Å²) in [7, 11) is -4.80. The van der Waals surface area contributed by atoms with Crippen molar-refractivity contribution < 1.29 is 66.8 Å². The Morgan fingerprint density at radius 1 is 0.556 bits per heavy atom. The summed E-state index contributed by atoms with van der Waals surface area (Å²) in [5.41, 5.74) is 6.73. The van der Waals surface area contributed by atoms with Gasteiger partial charge in [0, 0.05) is 11.1 Å². The quantitative estimate of drug-likeness (QED) is 0.0168. The third kappa shape index (κ3) is 27.0. The van der Waals surface area contributed by atoms with Crippen LogP contribution < -0.4 is 29.0 Å². The van der Waals surface area contributed by atoms with Crippen molar-refractivity contribution >= 4 is 52.7 Å². The van der Waals surface area contributed by atoms with Crippen molar-refractivity contribution in [3.63, 3.8) is 0 Å². The van der Waals surface area contributed by atoms with Gasteiger partial charge in [-0.3, -0.25) is 0 Å². The maximum absolute atomic E-state index is 13.8. The lowest BCUT2D eigenvalue weighted by molar-refractivity contribution is -0.138. The van der Waals surface area contributed by atoms with Crippen LogP contribution in [0.15, 0.2) is 84.0 Å². The van der Waals surface area contributed by atoms with Crippen LogP contribution in [0, 0.1) is 11.8 Å². The highest BCUT2D eigenvalue weighted by Gasteiger charge is 2.42. The van der Waals surface area contributed by atoms with Gasteiger partial charge in [0.05, 0.1) is 0 Å². The van der Waals surface area contributed by atoms with Crippen molar-refractivity contribution in [2.75, 3.05) is 13.2 Å². The second kappa shape index (κ2) is 38.2. The molecular weight excluding hydrogens is 1170 g/mol. The number of ether oxygens (including phenoxy) is 4. The van der Waals surface area contributed by atoms with E-state index in [2.05, 4.69) is 144 Å². The zero-order valence-electron chi connectivity index (χ0n) is 59.0. The van der Waals surface area contributed by atoms with Crippen LogP contribution in [-0.2, 0) is 44.7 Å². The number of aromatic carboxylic acids is 2. The van der Waals surface area contributed by atoms with E-state index >= 15 is 0 Å². The van der Waals surface area contributed by atoms with Gasteiger partial charge in [0.2, 0.25) is 16.6 Å². The molecule has 2 aromatic rings. The number of carbonyl (C=O) groups is 6. The number of carboxylic acid groups (broad SMARTS) is 2. The number of rotatable bonds is 34. The Bertz CT molecular complexity index is 2890. The summed E-state index contributed by atoms with van der Waals surface area (Å²) in [4.78, 5) is 78.0. The normalized spacial score (nSPS) is 12.8. The van der Waals surface area contributed by atoms with Gasteiger partial charge in [-0.05, 0) is 171 Å². The van der Waals surface area contributed by atoms with Gasteiger partial charge >= 0.3 is 36.1 Å². The summed E-state index contributed by atoms with van der Waals surface area (Å²) in [5, 5.41) is 25.9. The van der Waals surface area contributed by atoms with Gasteiger partial charge in [0.25, 0.3) is 0 Å². The van der Waals surface area contributed by atoms with Gasteiger partial charge in [-0.25, -0.2) is 28.8 Å². The number of carbonyl (C=O) groups excluding carboxylic acids is 4. The Kier molecular flexibility index (Phi) is 34.6. The number of nitrogens with one attached hydrogen (secondary N) is 2. The molecule has 0 aliphatic heterocycles. The van der Waals surface area contributed by atoms with E-state index in [1.807, 2.05) is 39.0 Å². The van der Waals surface area contributed by atoms with Gasteiger partial charge < -0.3 is 48.6 Å². The van der Waals surface area contributed by atoms with Gasteiger partial charge in [-0.2, -0.15) is 0 Å². The summed E-state index contributed by atoms with van der Waals surface area (Å²) in [5.74, 6) is -3.67. The standard InChI is InChI=1S/C37H59NO7Si.C35H55NO7Si/c1-13-15-16-20-28-24-30(45-46(11,12)37(8,9)10)29(22-21-27(7)19-17-18-25(3)4)33(31(28)34(39)40)44-35(41)32(26(5)6)38-36(42)43-23-14-2;1-13-16-26-22-28(43-44(11,12)35(8,9)10)27(20-19-25(7)18-15-17-23(3)4)31(29(26)32(37)38)42-33(39)30(24(5)6)36-34(40)41-21-14-2/h14,18,21,24,26,32H,2,13,15-17,19-20,22-23H2,1,3-12H3,(H,38,42)(H,39,40);14,17,19,22,24,30H,2,13,15-16,18,20-21H2,1,3-12H3,(H,36,40)(H,37,38)/b27-21+;25-19+. The molecule has 0 bridgehead atoms. The monoisotopic (exact) mass is 1290 g/mol. The minimum Gasteiger partial charge on any atom is -0.543 e. The molecule has 0 heterocycles. The lowest BCUT2D eigenvalue weighted by atomic mass is 9.94. The van der Waals surface area contributed by atoms with Crippen LogP contribution >= 0.6 is 0 Å². The lowest BCUT2D eigenvalue weighted by Gasteiger charge is -2.37. The lowest BCUT2D eigenvalue weighted by Crippen LogP contribution is -2.47. The van der Waals surface area contributed by atoms with Gasteiger partial charge in [-0.1, -0.05) is 174 Å². The average molecular weight is 1290 g/mol. The number of hydrogen-bond acceptors (Lipinski definition) is 12. The van der Waals surface area contributed by atoms with Crippen LogP contribution in [0.1, 0.15) is 219 Å². The van der Waals surface area contributed by atoms with Crippen molar-refractivity contribution in [3.8, 4) is 23.0 Å². The molecule has 2 unspecified atom stereocenters. The number of allylic oxidation sites excluding steroid dienone is 8. The SMILES string of the molecule is C=CCOC(=O)NC(C(=O)Oc1c(C/C=C(\C)CCC=C(C)C)c(O[Si](C)(C)C(C)(C)C)cc(CCC)c1C(=O)O)C(C)C.C=CCOC(=O)NC(C(=O)Oc1c(C/C=C(\C)CCC=C(C)C)c(O[Si](C)(C)C(C)(C)C)cc(CCCCC)c1C(=O)O)C(C)C. The van der Waals surface area contributed by atoms with Crippen LogP contribution in [0.4, 0.5) is 9.59 Å². The fourth-order valence-electron chi connectivity index (χ4n) is 8.66. The highest BCUT2D eigenvalue weighted by Crippen LogP contribution is 2.45. The molecule has 0 aliphatic rings. The first-order valence-corrected chi connectivity index (χ1v) is 37.8. The Morgan fingerprint density at radius 3 is 1.20 bits per heavy atom. The number of amides is 2. The van der Waals surface area contributed by atoms with Crippen molar-refractivity contribution in [3.05, 3.63) is 117 Å². The minimum atomic E-state index is -2.41. The molecule has 16 nitrogen and oxygen atoms in total. The highest BCUT2D eigenvalue weighted by molar-refractivity contribution is 6.75. The molecule has 504 valence electrons. The fraction of sp³-hybridized carbons (Fsp3) is 0.583. The van der Waals surface area contributed by atoms with Crippen LogP contribution in [0.25, 0.3) is 0 Å². The van der Waals surface area contributed by atoms with Crippen LogP contribution in [0.5, 0.6) is 23.0 Å².